The Morgan fingerprint density at radius 2 is 1.58 bits per heavy atom. The Kier molecular flexibility index (Phi) is 7.07. The molecule has 2 amide bonds. The molecule has 140 valence electrons. The normalized spacial score (nSPS) is 12.1. The van der Waals surface area contributed by atoms with Crippen molar-refractivity contribution in [1.29, 1.82) is 0 Å². The van der Waals surface area contributed by atoms with Gasteiger partial charge in [0.2, 0.25) is 0 Å². The first-order valence-corrected chi connectivity index (χ1v) is 9.24. The molecule has 0 heterocycles. The Morgan fingerprint density at radius 3 is 2.12 bits per heavy atom. The molecule has 26 heavy (non-hydrogen) atoms. The Hall–Kier alpha value is -2.49. The average Bonchev–Trinajstić information content (AvgIpc) is 2.60. The molecule has 2 aromatic rings. The molecule has 0 aliphatic rings. The van der Waals surface area contributed by atoms with Gasteiger partial charge >= 0.3 is 6.03 Å². The van der Waals surface area contributed by atoms with E-state index in [-0.39, 0.29) is 12.1 Å². The molecule has 0 saturated carbocycles. The van der Waals surface area contributed by atoms with Crippen LogP contribution in [-0.2, 0) is 6.54 Å². The van der Waals surface area contributed by atoms with Crippen LogP contribution in [0, 0.1) is 0 Å². The van der Waals surface area contributed by atoms with Crippen LogP contribution in [0.15, 0.2) is 54.6 Å². The highest BCUT2D eigenvalue weighted by Gasteiger charge is 2.19. The van der Waals surface area contributed by atoms with E-state index in [0.717, 1.165) is 11.3 Å². The van der Waals surface area contributed by atoms with Crippen LogP contribution in [0.5, 0.6) is 5.75 Å². The topological polar surface area (TPSA) is 41.6 Å². The van der Waals surface area contributed by atoms with Crippen molar-refractivity contribution in [1.82, 2.24) is 10.2 Å². The fraction of sp³-hybridized carbons (Fsp3) is 0.409. The minimum Gasteiger partial charge on any atom is -0.471 e. The number of hydrogen-bond donors (Lipinski definition) is 1. The van der Waals surface area contributed by atoms with E-state index < -0.39 is 6.23 Å². The molecule has 2 aromatic carbocycles. The van der Waals surface area contributed by atoms with Gasteiger partial charge in [-0.05, 0) is 49.9 Å². The maximum atomic E-state index is 12.7. The fourth-order valence-electron chi connectivity index (χ4n) is 2.69. The third-order valence-corrected chi connectivity index (χ3v) is 4.27. The van der Waals surface area contributed by atoms with Crippen LogP contribution in [0.4, 0.5) is 4.79 Å². The summed E-state index contributed by atoms with van der Waals surface area (Å²) < 4.78 is 5.84. The van der Waals surface area contributed by atoms with Crippen molar-refractivity contribution in [3.05, 3.63) is 65.7 Å². The molecule has 4 heteroatoms. The average molecular weight is 354 g/mol. The summed E-state index contributed by atoms with van der Waals surface area (Å²) in [6.07, 6.45) is -0.413. The Balaban J connectivity index is 1.94. The molecule has 0 fully saturated rings. The van der Waals surface area contributed by atoms with Gasteiger partial charge in [0.1, 0.15) is 5.75 Å². The summed E-state index contributed by atoms with van der Waals surface area (Å²) in [6.45, 7) is 10.8. The van der Waals surface area contributed by atoms with Crippen LogP contribution in [0.2, 0.25) is 0 Å². The van der Waals surface area contributed by atoms with Gasteiger partial charge in [0.15, 0.2) is 6.23 Å². The third-order valence-electron chi connectivity index (χ3n) is 4.27. The third kappa shape index (κ3) is 5.80. The lowest BCUT2D eigenvalue weighted by molar-refractivity contribution is 0.142. The molecule has 0 radical (unpaired) electrons. The van der Waals surface area contributed by atoms with E-state index in [1.807, 2.05) is 63.2 Å². The maximum absolute atomic E-state index is 12.7. The van der Waals surface area contributed by atoms with Crippen molar-refractivity contribution < 1.29 is 9.53 Å². The van der Waals surface area contributed by atoms with Crippen LogP contribution < -0.4 is 10.1 Å². The van der Waals surface area contributed by atoms with Crippen molar-refractivity contribution in [3.8, 4) is 5.75 Å². The monoisotopic (exact) mass is 354 g/mol. The smallest absolute Gasteiger partial charge is 0.320 e. The molecule has 0 aromatic heterocycles. The number of carbonyl (C=O) groups is 1. The number of urea groups is 1. The zero-order valence-corrected chi connectivity index (χ0v) is 16.4. The van der Waals surface area contributed by atoms with Crippen molar-refractivity contribution in [3.63, 3.8) is 0 Å². The highest BCUT2D eigenvalue weighted by molar-refractivity contribution is 5.74. The van der Waals surface area contributed by atoms with E-state index in [1.165, 1.54) is 5.56 Å². The van der Waals surface area contributed by atoms with E-state index in [2.05, 4.69) is 31.3 Å². The van der Waals surface area contributed by atoms with Crippen molar-refractivity contribution in [2.24, 2.45) is 0 Å². The summed E-state index contributed by atoms with van der Waals surface area (Å²) in [5.41, 5.74) is 2.37. The molecule has 1 unspecified atom stereocenters. The summed E-state index contributed by atoms with van der Waals surface area (Å²) in [5, 5.41) is 2.93. The summed E-state index contributed by atoms with van der Waals surface area (Å²) in [7, 11) is 0. The number of rotatable bonds is 7. The molecule has 4 nitrogen and oxygen atoms in total. The van der Waals surface area contributed by atoms with Gasteiger partial charge in [-0.25, -0.2) is 4.79 Å². The summed E-state index contributed by atoms with van der Waals surface area (Å²) in [5.74, 6) is 1.24. The number of carbonyl (C=O) groups excluding carboxylic acids is 1. The fourth-order valence-corrected chi connectivity index (χ4v) is 2.69. The van der Waals surface area contributed by atoms with E-state index in [4.69, 9.17) is 4.74 Å². The lowest BCUT2D eigenvalue weighted by Crippen LogP contribution is -2.48. The van der Waals surface area contributed by atoms with E-state index in [9.17, 15) is 4.79 Å². The quantitative estimate of drug-likeness (QED) is 0.698. The summed E-state index contributed by atoms with van der Waals surface area (Å²) in [6, 6.07) is 18.0. The minimum absolute atomic E-state index is 0.0905. The Morgan fingerprint density at radius 1 is 0.962 bits per heavy atom. The van der Waals surface area contributed by atoms with Gasteiger partial charge in [-0.1, -0.05) is 56.3 Å². The zero-order valence-electron chi connectivity index (χ0n) is 16.4. The number of nitrogens with zero attached hydrogens (tertiary/aromatic N) is 1. The SMILES string of the molecule is CC(NC(=O)N(Cc1ccccc1)C(C)C)Oc1ccc(C(C)C)cc1. The molecular formula is C22H30N2O2. The molecule has 0 aliphatic carbocycles. The molecule has 2 rings (SSSR count). The lowest BCUT2D eigenvalue weighted by atomic mass is 10.0. The number of amides is 2. The van der Waals surface area contributed by atoms with Gasteiger partial charge in [-0.2, -0.15) is 0 Å². The highest BCUT2D eigenvalue weighted by atomic mass is 16.5. The van der Waals surface area contributed by atoms with E-state index in [0.29, 0.717) is 12.5 Å². The number of benzene rings is 2. The van der Waals surface area contributed by atoms with Gasteiger partial charge in [0, 0.05) is 12.6 Å². The molecule has 0 aliphatic heterocycles. The lowest BCUT2D eigenvalue weighted by Gasteiger charge is -2.29. The van der Waals surface area contributed by atoms with Crippen molar-refractivity contribution in [2.45, 2.75) is 59.4 Å². The number of hydrogen-bond acceptors (Lipinski definition) is 2. The van der Waals surface area contributed by atoms with Crippen molar-refractivity contribution in [2.75, 3.05) is 0 Å². The van der Waals surface area contributed by atoms with Crippen LogP contribution in [-0.4, -0.2) is 23.2 Å². The second-order valence-corrected chi connectivity index (χ2v) is 7.14. The van der Waals surface area contributed by atoms with Crippen molar-refractivity contribution >= 4 is 6.03 Å². The predicted molar refractivity (Wildman–Crippen MR) is 106 cm³/mol. The van der Waals surface area contributed by atoms with Crippen LogP contribution in [0.3, 0.4) is 0 Å². The second kappa shape index (κ2) is 9.27. The molecular weight excluding hydrogens is 324 g/mol. The number of ether oxygens (including phenoxy) is 1. The van der Waals surface area contributed by atoms with Gasteiger partial charge in [0.05, 0.1) is 0 Å². The molecule has 0 saturated heterocycles. The maximum Gasteiger partial charge on any atom is 0.320 e. The van der Waals surface area contributed by atoms with E-state index in [1.54, 1.807) is 4.90 Å². The Bertz CT molecular complexity index is 681. The molecule has 0 bridgehead atoms. The first-order valence-electron chi connectivity index (χ1n) is 9.24. The van der Waals surface area contributed by atoms with Crippen LogP contribution >= 0.6 is 0 Å². The Labute approximate surface area is 157 Å². The predicted octanol–water partition coefficient (Wildman–Crippen LogP) is 5.16. The van der Waals surface area contributed by atoms with Gasteiger partial charge in [-0.3, -0.25) is 0 Å². The van der Waals surface area contributed by atoms with Gasteiger partial charge in [0.25, 0.3) is 0 Å². The van der Waals surface area contributed by atoms with Crippen LogP contribution in [0.1, 0.15) is 51.7 Å². The first kappa shape index (κ1) is 19.8. The minimum atomic E-state index is -0.413. The van der Waals surface area contributed by atoms with Gasteiger partial charge < -0.3 is 15.0 Å². The largest absolute Gasteiger partial charge is 0.471 e. The van der Waals surface area contributed by atoms with Gasteiger partial charge in [-0.15, -0.1) is 0 Å². The molecule has 1 atom stereocenters. The second-order valence-electron chi connectivity index (χ2n) is 7.14. The first-order chi connectivity index (χ1) is 12.4. The number of nitrogens with one attached hydrogen (secondary N) is 1. The standard InChI is InChI=1S/C22H30N2O2/c1-16(2)20-11-13-21(14-12-20)26-18(5)23-22(25)24(17(3)4)15-19-9-7-6-8-10-19/h6-14,16-18H,15H2,1-5H3,(H,23,25). The highest BCUT2D eigenvalue weighted by Crippen LogP contribution is 2.19. The van der Waals surface area contributed by atoms with Crippen LogP contribution in [0.25, 0.3) is 0 Å². The molecule has 0 spiro atoms. The summed E-state index contributed by atoms with van der Waals surface area (Å²) in [4.78, 5) is 14.5. The summed E-state index contributed by atoms with van der Waals surface area (Å²) >= 11 is 0. The van der Waals surface area contributed by atoms with E-state index >= 15 is 0 Å². The zero-order chi connectivity index (χ0) is 19.1. The molecule has 1 N–H and O–H groups in total.